The van der Waals surface area contributed by atoms with Crippen molar-refractivity contribution in [2.45, 2.75) is 33.2 Å². The van der Waals surface area contributed by atoms with Gasteiger partial charge in [-0.3, -0.25) is 9.59 Å². The van der Waals surface area contributed by atoms with Crippen molar-refractivity contribution in [2.24, 2.45) is 0 Å². The third-order valence-corrected chi connectivity index (χ3v) is 2.86. The fourth-order valence-electron chi connectivity index (χ4n) is 1.76. The number of aryl methyl sites for hydroxylation is 1. The fraction of sp³-hybridized carbons (Fsp3) is 0.429. The average molecular weight is 284 g/mol. The van der Waals surface area contributed by atoms with Gasteiger partial charge in [0.2, 0.25) is 0 Å². The minimum Gasteiger partial charge on any atom is -0.480 e. The first kappa shape index (κ1) is 15.5. The van der Waals surface area contributed by atoms with Gasteiger partial charge in [0.1, 0.15) is 6.54 Å². The molecule has 1 amide bonds. The zero-order valence-corrected chi connectivity index (χ0v) is 12.3. The Labute approximate surface area is 118 Å². The van der Waals surface area contributed by atoms with Crippen LogP contribution in [0, 0.1) is 6.92 Å². The van der Waals surface area contributed by atoms with Crippen LogP contribution in [0.3, 0.4) is 0 Å². The molecule has 5 heteroatoms. The van der Waals surface area contributed by atoms with Crippen LogP contribution in [-0.2, 0) is 4.79 Å². The number of hydrogen-bond acceptors (Lipinski definition) is 2. The highest BCUT2D eigenvalue weighted by Gasteiger charge is 2.29. The van der Waals surface area contributed by atoms with E-state index in [1.54, 1.807) is 39.0 Å². The van der Waals surface area contributed by atoms with Gasteiger partial charge in [0, 0.05) is 16.1 Å². The lowest BCUT2D eigenvalue weighted by atomic mass is 10.0. The smallest absolute Gasteiger partial charge is 0.323 e. The summed E-state index contributed by atoms with van der Waals surface area (Å²) in [5, 5.41) is 9.40. The molecule has 0 radical (unpaired) electrons. The zero-order chi connectivity index (χ0) is 14.8. The Balaban J connectivity index is 3.15. The van der Waals surface area contributed by atoms with Crippen molar-refractivity contribution in [2.75, 3.05) is 6.54 Å². The van der Waals surface area contributed by atoms with E-state index < -0.39 is 11.5 Å². The molecule has 1 aromatic carbocycles. The predicted octanol–water partition coefficient (Wildman–Crippen LogP) is 2.97. The van der Waals surface area contributed by atoms with E-state index in [1.807, 2.05) is 6.92 Å². The van der Waals surface area contributed by atoms with Crippen molar-refractivity contribution in [3.63, 3.8) is 0 Å². The highest BCUT2D eigenvalue weighted by atomic mass is 35.5. The summed E-state index contributed by atoms with van der Waals surface area (Å²) in [6, 6.07) is 5.00. The number of amides is 1. The van der Waals surface area contributed by atoms with Gasteiger partial charge in [-0.25, -0.2) is 0 Å². The molecular formula is C14H18ClNO3. The fourth-order valence-corrected chi connectivity index (χ4v) is 2.05. The average Bonchev–Trinajstić information content (AvgIpc) is 2.21. The molecule has 0 bridgehead atoms. The first-order chi connectivity index (χ1) is 8.61. The Morgan fingerprint density at radius 2 is 1.84 bits per heavy atom. The quantitative estimate of drug-likeness (QED) is 0.928. The van der Waals surface area contributed by atoms with Crippen LogP contribution in [0.4, 0.5) is 0 Å². The minimum absolute atomic E-state index is 0.333. The Morgan fingerprint density at radius 1 is 1.26 bits per heavy atom. The molecule has 0 aromatic heterocycles. The summed E-state index contributed by atoms with van der Waals surface area (Å²) in [6.07, 6.45) is 0. The molecule has 0 fully saturated rings. The van der Waals surface area contributed by atoms with Gasteiger partial charge in [-0.2, -0.15) is 0 Å². The molecule has 0 saturated heterocycles. The summed E-state index contributed by atoms with van der Waals surface area (Å²) in [7, 11) is 0. The van der Waals surface area contributed by atoms with Gasteiger partial charge >= 0.3 is 5.97 Å². The third kappa shape index (κ3) is 4.24. The van der Waals surface area contributed by atoms with E-state index in [2.05, 4.69) is 0 Å². The van der Waals surface area contributed by atoms with Gasteiger partial charge in [0.05, 0.1) is 0 Å². The molecule has 0 aliphatic carbocycles. The second-order valence-electron chi connectivity index (χ2n) is 5.47. The summed E-state index contributed by atoms with van der Waals surface area (Å²) in [5.41, 5.74) is 0.687. The molecule has 1 N–H and O–H groups in total. The number of hydrogen-bond donors (Lipinski definition) is 1. The molecule has 0 aliphatic heterocycles. The number of halogens is 1. The molecule has 104 valence electrons. The molecule has 0 atom stereocenters. The summed E-state index contributed by atoms with van der Waals surface area (Å²) >= 11 is 5.93. The van der Waals surface area contributed by atoms with Crippen LogP contribution in [0.1, 0.15) is 36.7 Å². The summed E-state index contributed by atoms with van der Waals surface area (Å²) < 4.78 is 0. The van der Waals surface area contributed by atoms with Crippen molar-refractivity contribution < 1.29 is 14.7 Å². The van der Waals surface area contributed by atoms with Crippen molar-refractivity contribution >= 4 is 23.5 Å². The Kier molecular flexibility index (Phi) is 4.58. The van der Waals surface area contributed by atoms with Crippen molar-refractivity contribution in [3.8, 4) is 0 Å². The summed E-state index contributed by atoms with van der Waals surface area (Å²) in [6.45, 7) is 6.89. The van der Waals surface area contributed by atoms with Gasteiger partial charge in [-0.05, 0) is 51.5 Å². The van der Waals surface area contributed by atoms with E-state index >= 15 is 0 Å². The zero-order valence-electron chi connectivity index (χ0n) is 11.5. The van der Waals surface area contributed by atoms with Crippen LogP contribution in [-0.4, -0.2) is 34.0 Å². The normalized spacial score (nSPS) is 11.2. The predicted molar refractivity (Wildman–Crippen MR) is 74.6 cm³/mol. The lowest BCUT2D eigenvalue weighted by Crippen LogP contribution is -2.48. The molecule has 0 aliphatic rings. The Bertz CT molecular complexity index is 486. The van der Waals surface area contributed by atoms with Gasteiger partial charge in [-0.1, -0.05) is 11.6 Å². The second-order valence-corrected chi connectivity index (χ2v) is 5.91. The molecule has 1 aromatic rings. The van der Waals surface area contributed by atoms with Crippen molar-refractivity contribution in [1.29, 1.82) is 0 Å². The van der Waals surface area contributed by atoms with Crippen molar-refractivity contribution in [3.05, 3.63) is 34.3 Å². The van der Waals surface area contributed by atoms with Crippen LogP contribution in [0.5, 0.6) is 0 Å². The SMILES string of the molecule is Cc1cc(Cl)cc(C(=O)N(CC(=O)O)C(C)(C)C)c1. The van der Waals surface area contributed by atoms with E-state index in [0.29, 0.717) is 10.6 Å². The van der Waals surface area contributed by atoms with Crippen LogP contribution in [0.2, 0.25) is 5.02 Å². The number of carboxylic acids is 1. The summed E-state index contributed by atoms with van der Waals surface area (Å²) in [4.78, 5) is 24.7. The lowest BCUT2D eigenvalue weighted by molar-refractivity contribution is -0.138. The highest BCUT2D eigenvalue weighted by Crippen LogP contribution is 2.20. The number of rotatable bonds is 3. The largest absolute Gasteiger partial charge is 0.480 e. The van der Waals surface area contributed by atoms with Crippen LogP contribution < -0.4 is 0 Å². The topological polar surface area (TPSA) is 57.6 Å². The standard InChI is InChI=1S/C14H18ClNO3/c1-9-5-10(7-11(15)6-9)13(19)16(8-12(17)18)14(2,3)4/h5-7H,8H2,1-4H3,(H,17,18). The van der Waals surface area contributed by atoms with Crippen LogP contribution >= 0.6 is 11.6 Å². The van der Waals surface area contributed by atoms with E-state index in [-0.39, 0.29) is 12.5 Å². The van der Waals surface area contributed by atoms with E-state index in [0.717, 1.165) is 5.56 Å². The first-order valence-corrected chi connectivity index (χ1v) is 6.30. The van der Waals surface area contributed by atoms with E-state index in [9.17, 15) is 9.59 Å². The maximum Gasteiger partial charge on any atom is 0.323 e. The maximum atomic E-state index is 12.4. The molecule has 1 rings (SSSR count). The van der Waals surface area contributed by atoms with Gasteiger partial charge in [-0.15, -0.1) is 0 Å². The first-order valence-electron chi connectivity index (χ1n) is 5.92. The lowest BCUT2D eigenvalue weighted by Gasteiger charge is -2.34. The molecule has 4 nitrogen and oxygen atoms in total. The summed E-state index contributed by atoms with van der Waals surface area (Å²) in [5.74, 6) is -1.37. The number of aliphatic carboxylic acids is 1. The molecular weight excluding hydrogens is 266 g/mol. The molecule has 0 heterocycles. The number of carbonyl (C=O) groups is 2. The van der Waals surface area contributed by atoms with E-state index in [4.69, 9.17) is 16.7 Å². The van der Waals surface area contributed by atoms with Gasteiger partial charge < -0.3 is 10.0 Å². The Hall–Kier alpha value is -1.55. The number of carbonyl (C=O) groups excluding carboxylic acids is 1. The van der Waals surface area contributed by atoms with Gasteiger partial charge in [0.25, 0.3) is 5.91 Å². The van der Waals surface area contributed by atoms with Gasteiger partial charge in [0.15, 0.2) is 0 Å². The Morgan fingerprint density at radius 3 is 2.26 bits per heavy atom. The monoisotopic (exact) mass is 283 g/mol. The maximum absolute atomic E-state index is 12.4. The van der Waals surface area contributed by atoms with Crippen LogP contribution in [0.15, 0.2) is 18.2 Å². The molecule has 0 spiro atoms. The van der Waals surface area contributed by atoms with Crippen molar-refractivity contribution in [1.82, 2.24) is 4.90 Å². The second kappa shape index (κ2) is 5.61. The minimum atomic E-state index is -1.04. The van der Waals surface area contributed by atoms with E-state index in [1.165, 1.54) is 4.90 Å². The van der Waals surface area contributed by atoms with Crippen LogP contribution in [0.25, 0.3) is 0 Å². The third-order valence-electron chi connectivity index (χ3n) is 2.64. The number of benzene rings is 1. The number of carboxylic acid groups (broad SMARTS) is 1. The molecule has 0 unspecified atom stereocenters. The number of nitrogens with zero attached hydrogens (tertiary/aromatic N) is 1. The molecule has 0 saturated carbocycles. The highest BCUT2D eigenvalue weighted by molar-refractivity contribution is 6.31. The molecule has 19 heavy (non-hydrogen) atoms.